The number of hydrogen-bond donors (Lipinski definition) is 1. The normalized spacial score (nSPS) is 10.5. The van der Waals surface area contributed by atoms with E-state index < -0.39 is 17.5 Å². The number of halogens is 3. The molecule has 0 saturated heterocycles. The molecule has 122 valence electrons. The first-order chi connectivity index (χ1) is 10.9. The van der Waals surface area contributed by atoms with E-state index >= 15 is 0 Å². The van der Waals surface area contributed by atoms with Crippen LogP contribution < -0.4 is 5.32 Å². The molecule has 0 unspecified atom stereocenters. The van der Waals surface area contributed by atoms with Crippen LogP contribution in [0, 0.1) is 11.6 Å². The van der Waals surface area contributed by atoms with Gasteiger partial charge in [0.25, 0.3) is 5.91 Å². The summed E-state index contributed by atoms with van der Waals surface area (Å²) in [4.78, 5) is 24.6. The van der Waals surface area contributed by atoms with E-state index in [-0.39, 0.29) is 28.8 Å². The van der Waals surface area contributed by atoms with Gasteiger partial charge in [-0.3, -0.25) is 9.63 Å². The summed E-state index contributed by atoms with van der Waals surface area (Å²) in [7, 11) is 2.72. The average molecular weight is 343 g/mol. The summed E-state index contributed by atoms with van der Waals surface area (Å²) in [6.07, 6.45) is 1.20. The molecular weight excluding hydrogens is 330 g/mol. The zero-order valence-electron chi connectivity index (χ0n) is 12.3. The van der Waals surface area contributed by atoms with Crippen molar-refractivity contribution in [2.24, 2.45) is 0 Å². The Morgan fingerprint density at radius 3 is 2.65 bits per heavy atom. The molecule has 0 aliphatic heterocycles. The molecule has 6 nitrogen and oxygen atoms in total. The summed E-state index contributed by atoms with van der Waals surface area (Å²) in [5.41, 5.74) is -0.128. The summed E-state index contributed by atoms with van der Waals surface area (Å²) in [5, 5.41) is 3.54. The van der Waals surface area contributed by atoms with Crippen molar-refractivity contribution in [1.29, 1.82) is 0 Å². The van der Waals surface area contributed by atoms with Crippen molar-refractivity contribution in [1.82, 2.24) is 15.0 Å². The van der Waals surface area contributed by atoms with Gasteiger partial charge in [0.15, 0.2) is 0 Å². The Kier molecular flexibility index (Phi) is 5.41. The van der Waals surface area contributed by atoms with Crippen molar-refractivity contribution < 1.29 is 18.4 Å². The number of aromatic nitrogens is 2. The predicted molar refractivity (Wildman–Crippen MR) is 79.8 cm³/mol. The molecule has 0 fully saturated rings. The van der Waals surface area contributed by atoms with Gasteiger partial charge in [-0.2, -0.15) is 4.98 Å². The van der Waals surface area contributed by atoms with E-state index in [1.165, 1.54) is 26.4 Å². The predicted octanol–water partition coefficient (Wildman–Crippen LogP) is 2.65. The number of nitrogens with zero attached hydrogens (tertiary/aromatic N) is 3. The summed E-state index contributed by atoms with van der Waals surface area (Å²) in [6, 6.07) is 3.54. The maximum atomic E-state index is 13.6. The highest BCUT2D eigenvalue weighted by molar-refractivity contribution is 6.28. The highest BCUT2D eigenvalue weighted by atomic mass is 35.5. The number of rotatable bonds is 5. The van der Waals surface area contributed by atoms with Gasteiger partial charge in [0.1, 0.15) is 23.0 Å². The Morgan fingerprint density at radius 1 is 1.39 bits per heavy atom. The fourth-order valence-electron chi connectivity index (χ4n) is 1.78. The largest absolute Gasteiger partial charge is 0.365 e. The second kappa shape index (κ2) is 7.30. The molecule has 0 aliphatic rings. The molecule has 1 N–H and O–H groups in total. The first-order valence-electron chi connectivity index (χ1n) is 6.45. The minimum atomic E-state index is -0.709. The molecule has 2 aromatic rings. The Balaban J connectivity index is 2.29. The fraction of sp³-hybridized carbons (Fsp3) is 0.214. The van der Waals surface area contributed by atoms with Crippen LogP contribution in [0.25, 0.3) is 0 Å². The van der Waals surface area contributed by atoms with Crippen LogP contribution in [0.4, 0.5) is 14.6 Å². The number of nitrogens with one attached hydrogen (secondary N) is 1. The summed E-state index contributed by atoms with van der Waals surface area (Å²) in [5.74, 6) is -1.92. The monoisotopic (exact) mass is 342 g/mol. The van der Waals surface area contributed by atoms with Crippen LogP contribution in [0.5, 0.6) is 0 Å². The van der Waals surface area contributed by atoms with Crippen LogP contribution in [-0.2, 0) is 11.4 Å². The first-order valence-corrected chi connectivity index (χ1v) is 6.83. The van der Waals surface area contributed by atoms with Gasteiger partial charge < -0.3 is 5.32 Å². The number of amides is 1. The topological polar surface area (TPSA) is 67.3 Å². The zero-order valence-corrected chi connectivity index (χ0v) is 13.1. The Labute approximate surface area is 136 Å². The molecule has 1 aromatic heterocycles. The molecule has 0 atom stereocenters. The SMILES string of the molecule is CON(C)C(=O)c1cnc(Cl)nc1NCc1c(F)cccc1F. The Hall–Kier alpha value is -2.32. The first kappa shape index (κ1) is 17.0. The molecule has 0 bridgehead atoms. The van der Waals surface area contributed by atoms with E-state index in [0.29, 0.717) is 0 Å². The maximum Gasteiger partial charge on any atom is 0.282 e. The van der Waals surface area contributed by atoms with Gasteiger partial charge in [-0.05, 0) is 23.7 Å². The molecule has 23 heavy (non-hydrogen) atoms. The van der Waals surface area contributed by atoms with Crippen molar-refractivity contribution >= 4 is 23.3 Å². The van der Waals surface area contributed by atoms with Crippen LogP contribution in [-0.4, -0.2) is 35.1 Å². The lowest BCUT2D eigenvalue weighted by Gasteiger charge is -2.16. The minimum Gasteiger partial charge on any atom is -0.365 e. The highest BCUT2D eigenvalue weighted by Crippen LogP contribution is 2.19. The number of hydrogen-bond acceptors (Lipinski definition) is 5. The summed E-state index contributed by atoms with van der Waals surface area (Å²) >= 11 is 5.71. The summed E-state index contributed by atoms with van der Waals surface area (Å²) in [6.45, 7) is -0.219. The minimum absolute atomic E-state index is 0.0431. The van der Waals surface area contributed by atoms with E-state index in [0.717, 1.165) is 17.2 Å². The smallest absolute Gasteiger partial charge is 0.282 e. The molecule has 0 saturated carbocycles. The third-order valence-electron chi connectivity index (χ3n) is 3.04. The quantitative estimate of drug-likeness (QED) is 0.668. The highest BCUT2D eigenvalue weighted by Gasteiger charge is 2.19. The van der Waals surface area contributed by atoms with Crippen molar-refractivity contribution in [2.75, 3.05) is 19.5 Å². The molecule has 1 heterocycles. The van der Waals surface area contributed by atoms with E-state index in [4.69, 9.17) is 16.4 Å². The third-order valence-corrected chi connectivity index (χ3v) is 3.23. The van der Waals surface area contributed by atoms with Crippen LogP contribution in [0.15, 0.2) is 24.4 Å². The number of anilines is 1. The number of benzene rings is 1. The summed E-state index contributed by atoms with van der Waals surface area (Å²) < 4.78 is 27.3. The van der Waals surface area contributed by atoms with Crippen molar-refractivity contribution in [3.63, 3.8) is 0 Å². The van der Waals surface area contributed by atoms with Crippen molar-refractivity contribution in [3.8, 4) is 0 Å². The second-order valence-electron chi connectivity index (χ2n) is 4.44. The molecule has 9 heteroatoms. The van der Waals surface area contributed by atoms with Gasteiger partial charge in [-0.15, -0.1) is 0 Å². The van der Waals surface area contributed by atoms with E-state index in [2.05, 4.69) is 15.3 Å². The molecule has 1 aromatic carbocycles. The lowest BCUT2D eigenvalue weighted by atomic mass is 10.2. The second-order valence-corrected chi connectivity index (χ2v) is 4.78. The van der Waals surface area contributed by atoms with Gasteiger partial charge in [-0.25, -0.2) is 18.8 Å². The Bertz CT molecular complexity index is 710. The third kappa shape index (κ3) is 3.91. The van der Waals surface area contributed by atoms with E-state index in [1.54, 1.807) is 0 Å². The van der Waals surface area contributed by atoms with Gasteiger partial charge in [-0.1, -0.05) is 6.07 Å². The molecule has 1 amide bonds. The van der Waals surface area contributed by atoms with Gasteiger partial charge >= 0.3 is 0 Å². The zero-order chi connectivity index (χ0) is 17.0. The van der Waals surface area contributed by atoms with Crippen molar-refractivity contribution in [2.45, 2.75) is 6.54 Å². The van der Waals surface area contributed by atoms with Crippen LogP contribution in [0.2, 0.25) is 5.28 Å². The van der Waals surface area contributed by atoms with E-state index in [9.17, 15) is 13.6 Å². The lowest BCUT2D eigenvalue weighted by Crippen LogP contribution is -2.27. The number of carbonyl (C=O) groups is 1. The van der Waals surface area contributed by atoms with Gasteiger partial charge in [0.05, 0.1) is 7.11 Å². The van der Waals surface area contributed by atoms with Crippen LogP contribution in [0.1, 0.15) is 15.9 Å². The standard InChI is InChI=1S/C14H13ClF2N4O2/c1-21(23-2)13(22)9-7-19-14(15)20-12(9)18-6-8-10(16)4-3-5-11(8)17/h3-5,7H,6H2,1-2H3,(H,18,19,20). The number of carbonyl (C=O) groups excluding carboxylic acids is 1. The molecule has 0 radical (unpaired) electrons. The number of hydroxylamine groups is 2. The average Bonchev–Trinajstić information content (AvgIpc) is 2.53. The molecule has 2 rings (SSSR count). The molecule has 0 spiro atoms. The van der Waals surface area contributed by atoms with Gasteiger partial charge in [0.2, 0.25) is 5.28 Å². The fourth-order valence-corrected chi connectivity index (χ4v) is 1.91. The molecule has 0 aliphatic carbocycles. The van der Waals surface area contributed by atoms with Crippen molar-refractivity contribution in [3.05, 3.63) is 52.4 Å². The lowest BCUT2D eigenvalue weighted by molar-refractivity contribution is -0.0756. The van der Waals surface area contributed by atoms with Gasteiger partial charge in [0, 0.05) is 25.4 Å². The molecular formula is C14H13ClF2N4O2. The maximum absolute atomic E-state index is 13.6. The van der Waals surface area contributed by atoms with Crippen LogP contribution >= 0.6 is 11.6 Å². The Morgan fingerprint density at radius 2 is 2.04 bits per heavy atom. The van der Waals surface area contributed by atoms with Crippen LogP contribution in [0.3, 0.4) is 0 Å². The van der Waals surface area contributed by atoms with E-state index in [1.807, 2.05) is 0 Å².